The zero-order chi connectivity index (χ0) is 46.7. The Morgan fingerprint density at radius 3 is 1.97 bits per heavy atom. The molecule has 0 amide bonds. The van der Waals surface area contributed by atoms with Gasteiger partial charge in [0.1, 0.15) is 55.1 Å². The van der Waals surface area contributed by atoms with Gasteiger partial charge in [-0.15, -0.1) is 0 Å². The lowest BCUT2D eigenvalue weighted by Gasteiger charge is -2.52. The molecule has 3 fully saturated rings. The summed E-state index contributed by atoms with van der Waals surface area (Å²) in [5.41, 5.74) is 12.5. The number of ether oxygens (including phenoxy) is 9. The summed E-state index contributed by atoms with van der Waals surface area (Å²) in [6.45, 7) is 15.2. The Bertz CT molecular complexity index is 2060. The molecule has 3 aromatic carbocycles. The highest BCUT2D eigenvalue weighted by molar-refractivity contribution is 6.74. The van der Waals surface area contributed by atoms with Crippen molar-refractivity contribution in [1.29, 1.82) is 0 Å². The summed E-state index contributed by atoms with van der Waals surface area (Å²) in [5, 5.41) is 3.97. The van der Waals surface area contributed by atoms with Gasteiger partial charge in [0.05, 0.1) is 26.2 Å². The number of esters is 2. The van der Waals surface area contributed by atoms with E-state index in [4.69, 9.17) is 47.1 Å². The molecule has 3 heterocycles. The predicted octanol–water partition coefficient (Wildman–Crippen LogP) is 8.29. The Labute approximate surface area is 382 Å². The average Bonchev–Trinajstić information content (AvgIpc) is 3.28. The van der Waals surface area contributed by atoms with Gasteiger partial charge < -0.3 is 51.9 Å². The van der Waals surface area contributed by atoms with Gasteiger partial charge in [0.2, 0.25) is 0 Å². The number of carbonyl (C=O) groups excluding carboxylic acids is 3. The van der Waals surface area contributed by atoms with Gasteiger partial charge in [-0.3, -0.25) is 9.59 Å². The number of azide groups is 1. The normalized spacial score (nSPS) is 28.1. The molecule has 16 nitrogen and oxygen atoms in total. The molecular formula is C48H63N3O13Si. The maximum atomic E-state index is 13.7. The molecule has 352 valence electrons. The second kappa shape index (κ2) is 22.8. The number of ketones is 1. The smallest absolute Gasteiger partial charge is 0.306 e. The van der Waals surface area contributed by atoms with Crippen molar-refractivity contribution in [3.05, 3.63) is 118 Å². The van der Waals surface area contributed by atoms with Crippen molar-refractivity contribution in [2.75, 3.05) is 13.2 Å². The number of Topliss-reactive ketones (excluding diaryl/α,β-unsaturated/α-hetero) is 1. The lowest BCUT2D eigenvalue weighted by molar-refractivity contribution is -0.385. The second-order valence-corrected chi connectivity index (χ2v) is 22.6. The Kier molecular flexibility index (Phi) is 17.5. The summed E-state index contributed by atoms with van der Waals surface area (Å²) in [7, 11) is -2.71. The quantitative estimate of drug-likeness (QED) is 0.0346. The molecule has 0 radical (unpaired) electrons. The van der Waals surface area contributed by atoms with E-state index in [0.29, 0.717) is 0 Å². The Morgan fingerprint density at radius 1 is 0.800 bits per heavy atom. The van der Waals surface area contributed by atoms with E-state index in [1.165, 1.54) is 13.8 Å². The number of carbonyl (C=O) groups is 3. The zero-order valence-electron chi connectivity index (χ0n) is 38.5. The first-order valence-electron chi connectivity index (χ1n) is 22.2. The van der Waals surface area contributed by atoms with E-state index in [1.807, 2.05) is 91.0 Å². The second-order valence-electron chi connectivity index (χ2n) is 18.0. The van der Waals surface area contributed by atoms with E-state index in [1.54, 1.807) is 0 Å². The predicted molar refractivity (Wildman–Crippen MR) is 239 cm³/mol. The topological polar surface area (TPSA) is 192 Å². The summed E-state index contributed by atoms with van der Waals surface area (Å²) in [6, 6.07) is 27.2. The summed E-state index contributed by atoms with van der Waals surface area (Å²) >= 11 is 0. The van der Waals surface area contributed by atoms with Crippen LogP contribution in [0, 0.1) is 5.92 Å². The van der Waals surface area contributed by atoms with Crippen molar-refractivity contribution in [2.24, 2.45) is 11.0 Å². The van der Waals surface area contributed by atoms with Crippen molar-refractivity contribution in [2.45, 2.75) is 153 Å². The van der Waals surface area contributed by atoms with Crippen molar-refractivity contribution < 1.29 is 61.4 Å². The summed E-state index contributed by atoms with van der Waals surface area (Å²) < 4.78 is 65.5. The van der Waals surface area contributed by atoms with Crippen molar-refractivity contribution in [1.82, 2.24) is 0 Å². The molecule has 3 aliphatic rings. The molecule has 0 spiro atoms. The first-order valence-corrected chi connectivity index (χ1v) is 25.1. The average molecular weight is 918 g/mol. The third-order valence-electron chi connectivity index (χ3n) is 12.8. The fraction of sp³-hybridized carbons (Fsp3) is 0.562. The molecule has 11 atom stereocenters. The Morgan fingerprint density at radius 2 is 1.40 bits per heavy atom. The SMILES string of the molecule is CC(=O)CCC(=O)O[C@H]1[C@H](O[C@H]2[C@H](OCc3ccccc3)[C@@H](N=[N+]=[N-])[C@H](O[Si](C)(C)C(C)(C)C(C)C)O[C@@H]2COC(C)=O)O[C@@H]2COC(c3ccccc3)O[C@H]2[C@@H]1OCc1ccccc1. The van der Waals surface area contributed by atoms with Crippen LogP contribution in [0.1, 0.15) is 77.4 Å². The van der Waals surface area contributed by atoms with Crippen LogP contribution in [0.4, 0.5) is 0 Å². The minimum Gasteiger partial charge on any atom is -0.463 e. The molecule has 65 heavy (non-hydrogen) atoms. The van der Waals surface area contributed by atoms with Crippen LogP contribution in [-0.2, 0) is 74.7 Å². The third kappa shape index (κ3) is 12.9. The third-order valence-corrected chi connectivity index (χ3v) is 17.3. The Hall–Kier alpha value is -4.52. The summed E-state index contributed by atoms with van der Waals surface area (Å²) in [6.07, 6.45) is -11.1. The van der Waals surface area contributed by atoms with Crippen molar-refractivity contribution in [3.63, 3.8) is 0 Å². The molecule has 3 saturated heterocycles. The molecule has 6 rings (SSSR count). The Balaban J connectivity index is 1.43. The molecule has 3 aliphatic heterocycles. The minimum atomic E-state index is -2.71. The fourth-order valence-electron chi connectivity index (χ4n) is 7.93. The van der Waals surface area contributed by atoms with Gasteiger partial charge in [0, 0.05) is 23.8 Å². The van der Waals surface area contributed by atoms with E-state index in [2.05, 4.69) is 50.8 Å². The van der Waals surface area contributed by atoms with Crippen LogP contribution in [0.25, 0.3) is 10.4 Å². The van der Waals surface area contributed by atoms with E-state index in [0.717, 1.165) is 16.7 Å². The molecule has 0 aromatic heterocycles. The van der Waals surface area contributed by atoms with Crippen LogP contribution in [0.2, 0.25) is 18.1 Å². The highest BCUT2D eigenvalue weighted by Gasteiger charge is 2.57. The van der Waals surface area contributed by atoms with Crippen LogP contribution < -0.4 is 0 Å². The van der Waals surface area contributed by atoms with Gasteiger partial charge >= 0.3 is 11.9 Å². The highest BCUT2D eigenvalue weighted by Crippen LogP contribution is 2.47. The standard InChI is InChI=1S/C48H63N3O13Si/c1-30(2)48(5,6)65(7,8)64-46-39(50-51-49)42(56-26-33-18-12-9-13-19-33)40(36(59-46)28-55-32(4)53)63-47-44(61-38(54)25-24-31(3)52)43(57-27-34-20-14-10-15-21-34)41-37(60-47)29-58-45(62-41)35-22-16-11-17-23-35/h9-23,30,36-37,39-47H,24-29H2,1-8H3/t36-,37-,39-,40-,41-,42-,43+,44-,45?,46+,47+/m1/s1. The monoisotopic (exact) mass is 917 g/mol. The number of nitrogens with zero attached hydrogens (tertiary/aromatic N) is 3. The highest BCUT2D eigenvalue weighted by atomic mass is 28.4. The molecule has 3 aromatic rings. The van der Waals surface area contributed by atoms with Gasteiger partial charge in [-0.2, -0.15) is 0 Å². The number of benzene rings is 3. The van der Waals surface area contributed by atoms with Gasteiger partial charge in [-0.1, -0.05) is 124 Å². The van der Waals surface area contributed by atoms with Crippen LogP contribution in [0.5, 0.6) is 0 Å². The van der Waals surface area contributed by atoms with Crippen molar-refractivity contribution in [3.8, 4) is 0 Å². The van der Waals surface area contributed by atoms with E-state index in [-0.39, 0.29) is 56.0 Å². The molecule has 0 saturated carbocycles. The molecule has 0 bridgehead atoms. The maximum Gasteiger partial charge on any atom is 0.306 e. The van der Waals surface area contributed by atoms with Gasteiger partial charge in [-0.25, -0.2) is 0 Å². The zero-order valence-corrected chi connectivity index (χ0v) is 39.5. The molecule has 0 N–H and O–H groups in total. The van der Waals surface area contributed by atoms with Crippen LogP contribution in [0.3, 0.4) is 0 Å². The van der Waals surface area contributed by atoms with E-state index >= 15 is 0 Å². The fourth-order valence-corrected chi connectivity index (χ4v) is 10.4. The summed E-state index contributed by atoms with van der Waals surface area (Å²) in [5.74, 6) is -1.25. The first kappa shape index (κ1) is 49.9. The molecule has 0 aliphatic carbocycles. The van der Waals surface area contributed by atoms with Crippen LogP contribution in [0.15, 0.2) is 96.1 Å². The van der Waals surface area contributed by atoms with E-state index in [9.17, 15) is 19.9 Å². The first-order chi connectivity index (χ1) is 31.1. The van der Waals surface area contributed by atoms with Gasteiger partial charge in [0.25, 0.3) is 0 Å². The van der Waals surface area contributed by atoms with Crippen molar-refractivity contribution >= 4 is 26.0 Å². The number of rotatable bonds is 20. The molecule has 1 unspecified atom stereocenters. The van der Waals surface area contributed by atoms with Crippen LogP contribution >= 0.6 is 0 Å². The molecular weight excluding hydrogens is 855 g/mol. The lowest BCUT2D eigenvalue weighted by atomic mass is 9.95. The van der Waals surface area contributed by atoms with Crippen LogP contribution in [-0.4, -0.2) is 101 Å². The lowest BCUT2D eigenvalue weighted by Crippen LogP contribution is -2.67. The number of hydrogen-bond acceptors (Lipinski definition) is 14. The van der Waals surface area contributed by atoms with E-state index < -0.39 is 87.9 Å². The largest absolute Gasteiger partial charge is 0.463 e. The maximum absolute atomic E-state index is 13.7. The summed E-state index contributed by atoms with van der Waals surface area (Å²) in [4.78, 5) is 41.5. The molecule has 17 heteroatoms. The van der Waals surface area contributed by atoms with Gasteiger partial charge in [0.15, 0.2) is 33.3 Å². The van der Waals surface area contributed by atoms with Gasteiger partial charge in [-0.05, 0) is 47.6 Å². The number of fused-ring (bicyclic) bond motifs is 1. The number of hydrogen-bond donors (Lipinski definition) is 0. The minimum absolute atomic E-state index is 0.0366.